The minimum Gasteiger partial charge on any atom is -0.484 e. The molecule has 0 aliphatic carbocycles. The zero-order valence-electron chi connectivity index (χ0n) is 14.3. The highest BCUT2D eigenvalue weighted by molar-refractivity contribution is 6.29. The Morgan fingerprint density at radius 2 is 1.88 bits per heavy atom. The second kappa shape index (κ2) is 8.54. The van der Waals surface area contributed by atoms with Crippen molar-refractivity contribution in [3.63, 3.8) is 0 Å². The first kappa shape index (κ1) is 18.0. The summed E-state index contributed by atoms with van der Waals surface area (Å²) in [5, 5.41) is 9.14. The van der Waals surface area contributed by atoms with E-state index in [1.54, 1.807) is 23.1 Å². The molecule has 26 heavy (non-hydrogen) atoms. The molecule has 2 aromatic rings. The number of benzene rings is 1. The van der Waals surface area contributed by atoms with Crippen LogP contribution in [0.2, 0.25) is 5.15 Å². The molecule has 1 fully saturated rings. The van der Waals surface area contributed by atoms with Gasteiger partial charge in [-0.3, -0.25) is 4.79 Å². The molecule has 0 bridgehead atoms. The minimum absolute atomic E-state index is 0.00696. The largest absolute Gasteiger partial charge is 0.484 e. The van der Waals surface area contributed by atoms with Crippen LogP contribution in [0.25, 0.3) is 0 Å². The molecule has 1 aromatic carbocycles. The van der Waals surface area contributed by atoms with Gasteiger partial charge in [-0.05, 0) is 29.8 Å². The molecule has 0 unspecified atom stereocenters. The molecule has 134 valence electrons. The third-order valence-electron chi connectivity index (χ3n) is 4.23. The van der Waals surface area contributed by atoms with Crippen molar-refractivity contribution in [2.45, 2.75) is 6.42 Å². The number of nitrogens with zero attached hydrogens (tertiary/aromatic N) is 4. The van der Waals surface area contributed by atoms with Gasteiger partial charge in [-0.15, -0.1) is 0 Å². The van der Waals surface area contributed by atoms with Crippen LogP contribution in [0.1, 0.15) is 5.56 Å². The van der Waals surface area contributed by atoms with E-state index in [1.807, 2.05) is 24.3 Å². The first-order chi connectivity index (χ1) is 12.7. The number of carbonyl (C=O) groups excluding carboxylic acids is 1. The number of hydrogen-bond donors (Lipinski definition) is 0. The number of ether oxygens (including phenoxy) is 1. The van der Waals surface area contributed by atoms with Gasteiger partial charge < -0.3 is 14.5 Å². The van der Waals surface area contributed by atoms with Gasteiger partial charge in [0.05, 0.1) is 12.5 Å². The predicted octanol–water partition coefficient (Wildman–Crippen LogP) is 2.53. The van der Waals surface area contributed by atoms with E-state index in [-0.39, 0.29) is 12.5 Å². The van der Waals surface area contributed by atoms with Crippen molar-refractivity contribution in [1.29, 1.82) is 5.26 Å². The van der Waals surface area contributed by atoms with E-state index in [4.69, 9.17) is 21.6 Å². The van der Waals surface area contributed by atoms with E-state index in [0.29, 0.717) is 43.5 Å². The third-order valence-corrected chi connectivity index (χ3v) is 4.44. The number of amides is 1. The van der Waals surface area contributed by atoms with Crippen LogP contribution >= 0.6 is 11.6 Å². The van der Waals surface area contributed by atoms with Crippen molar-refractivity contribution in [2.75, 3.05) is 37.7 Å². The normalized spacial score (nSPS) is 14.0. The van der Waals surface area contributed by atoms with Gasteiger partial charge in [-0.2, -0.15) is 5.26 Å². The summed E-state index contributed by atoms with van der Waals surface area (Å²) in [7, 11) is 0. The summed E-state index contributed by atoms with van der Waals surface area (Å²) in [4.78, 5) is 20.6. The summed E-state index contributed by atoms with van der Waals surface area (Å²) in [5.74, 6) is 1.42. The van der Waals surface area contributed by atoms with Crippen LogP contribution in [0, 0.1) is 11.3 Å². The monoisotopic (exact) mass is 370 g/mol. The lowest BCUT2D eigenvalue weighted by Gasteiger charge is -2.35. The maximum absolute atomic E-state index is 12.3. The second-order valence-corrected chi connectivity index (χ2v) is 6.34. The average molecular weight is 371 g/mol. The zero-order chi connectivity index (χ0) is 18.4. The van der Waals surface area contributed by atoms with Gasteiger partial charge in [0, 0.05) is 26.2 Å². The fraction of sp³-hybridized carbons (Fsp3) is 0.316. The van der Waals surface area contributed by atoms with Gasteiger partial charge in [-0.1, -0.05) is 29.8 Å². The van der Waals surface area contributed by atoms with Gasteiger partial charge in [0.15, 0.2) is 6.61 Å². The van der Waals surface area contributed by atoms with Gasteiger partial charge in [0.25, 0.3) is 5.91 Å². The molecule has 1 aromatic heterocycles. The van der Waals surface area contributed by atoms with Crippen LogP contribution in [-0.2, 0) is 11.2 Å². The smallest absolute Gasteiger partial charge is 0.260 e. The Morgan fingerprint density at radius 1 is 1.15 bits per heavy atom. The lowest BCUT2D eigenvalue weighted by molar-refractivity contribution is -0.133. The number of nitriles is 1. The molecule has 0 spiro atoms. The number of anilines is 1. The summed E-state index contributed by atoms with van der Waals surface area (Å²) < 4.78 is 5.56. The molecule has 1 amide bonds. The molecule has 1 saturated heterocycles. The van der Waals surface area contributed by atoms with Crippen molar-refractivity contribution >= 4 is 23.3 Å². The molecule has 3 rings (SSSR count). The number of carbonyl (C=O) groups is 1. The minimum atomic E-state index is -0.0372. The Kier molecular flexibility index (Phi) is 5.92. The molecule has 0 N–H and O–H groups in total. The van der Waals surface area contributed by atoms with Crippen molar-refractivity contribution in [3.05, 3.63) is 53.2 Å². The Bertz CT molecular complexity index is 796. The Morgan fingerprint density at radius 3 is 2.54 bits per heavy atom. The zero-order valence-corrected chi connectivity index (χ0v) is 15.0. The number of rotatable bonds is 5. The van der Waals surface area contributed by atoms with E-state index in [2.05, 4.69) is 16.0 Å². The molecule has 6 nitrogen and oxygen atoms in total. The van der Waals surface area contributed by atoms with Gasteiger partial charge in [0.1, 0.15) is 16.7 Å². The molecular weight excluding hydrogens is 352 g/mol. The highest BCUT2D eigenvalue weighted by Gasteiger charge is 2.22. The predicted molar refractivity (Wildman–Crippen MR) is 99.3 cm³/mol. The molecule has 7 heteroatoms. The summed E-state index contributed by atoms with van der Waals surface area (Å²) >= 11 is 5.94. The molecule has 2 heterocycles. The second-order valence-electron chi connectivity index (χ2n) is 5.95. The van der Waals surface area contributed by atoms with Crippen LogP contribution in [-0.4, -0.2) is 48.6 Å². The van der Waals surface area contributed by atoms with E-state index in [1.165, 1.54) is 0 Å². The number of hydrogen-bond acceptors (Lipinski definition) is 5. The number of halogens is 1. The number of aromatic nitrogens is 1. The number of piperazine rings is 1. The Balaban J connectivity index is 1.47. The SMILES string of the molecule is N#CCc1ccc(OCC(=O)N2CCN(c3cccc(Cl)n3)CC2)cc1. The fourth-order valence-corrected chi connectivity index (χ4v) is 2.95. The Hall–Kier alpha value is -2.78. The summed E-state index contributed by atoms with van der Waals surface area (Å²) in [5.41, 5.74) is 0.928. The van der Waals surface area contributed by atoms with Crippen molar-refractivity contribution in [1.82, 2.24) is 9.88 Å². The van der Waals surface area contributed by atoms with E-state index < -0.39 is 0 Å². The summed E-state index contributed by atoms with van der Waals surface area (Å²) in [6.45, 7) is 2.67. The first-order valence-electron chi connectivity index (χ1n) is 8.39. The van der Waals surface area contributed by atoms with Crippen molar-refractivity contribution < 1.29 is 9.53 Å². The standard InChI is InChI=1S/C19H19ClN4O2/c20-17-2-1-3-18(22-17)23-10-12-24(13-11-23)19(25)14-26-16-6-4-15(5-7-16)8-9-21/h1-7H,8,10-14H2. The van der Waals surface area contributed by atoms with Gasteiger partial charge in [0.2, 0.25) is 0 Å². The topological polar surface area (TPSA) is 69.5 Å². The van der Waals surface area contributed by atoms with E-state index in [0.717, 1.165) is 11.4 Å². The fourth-order valence-electron chi connectivity index (χ4n) is 2.79. The maximum atomic E-state index is 12.3. The molecule has 1 aliphatic heterocycles. The quantitative estimate of drug-likeness (QED) is 0.756. The van der Waals surface area contributed by atoms with Crippen LogP contribution in [0.15, 0.2) is 42.5 Å². The molecule has 0 atom stereocenters. The van der Waals surface area contributed by atoms with Crippen LogP contribution in [0.3, 0.4) is 0 Å². The molecule has 0 saturated carbocycles. The van der Waals surface area contributed by atoms with Crippen LogP contribution < -0.4 is 9.64 Å². The van der Waals surface area contributed by atoms with Crippen LogP contribution in [0.4, 0.5) is 5.82 Å². The maximum Gasteiger partial charge on any atom is 0.260 e. The highest BCUT2D eigenvalue weighted by Crippen LogP contribution is 2.17. The summed E-state index contributed by atoms with van der Waals surface area (Å²) in [6, 6.07) is 14.9. The van der Waals surface area contributed by atoms with Crippen molar-refractivity contribution in [3.8, 4) is 11.8 Å². The summed E-state index contributed by atoms with van der Waals surface area (Å²) in [6.07, 6.45) is 0.366. The van der Waals surface area contributed by atoms with Gasteiger partial charge >= 0.3 is 0 Å². The lowest BCUT2D eigenvalue weighted by atomic mass is 10.2. The molecular formula is C19H19ClN4O2. The third kappa shape index (κ3) is 4.64. The molecule has 1 aliphatic rings. The lowest BCUT2D eigenvalue weighted by Crippen LogP contribution is -2.50. The Labute approximate surface area is 157 Å². The average Bonchev–Trinajstić information content (AvgIpc) is 2.67. The first-order valence-corrected chi connectivity index (χ1v) is 8.77. The van der Waals surface area contributed by atoms with Crippen LogP contribution in [0.5, 0.6) is 5.75 Å². The van der Waals surface area contributed by atoms with E-state index >= 15 is 0 Å². The van der Waals surface area contributed by atoms with Gasteiger partial charge in [-0.25, -0.2) is 4.98 Å². The number of pyridine rings is 1. The molecule has 0 radical (unpaired) electrons. The van der Waals surface area contributed by atoms with Crippen molar-refractivity contribution in [2.24, 2.45) is 0 Å². The highest BCUT2D eigenvalue weighted by atomic mass is 35.5. The van der Waals surface area contributed by atoms with E-state index in [9.17, 15) is 4.79 Å².